The lowest BCUT2D eigenvalue weighted by atomic mass is 10.0. The van der Waals surface area contributed by atoms with Gasteiger partial charge in [-0.25, -0.2) is 4.98 Å². The molecule has 1 aliphatic rings. The number of ether oxygens (including phenoxy) is 2. The van der Waals surface area contributed by atoms with E-state index >= 15 is 0 Å². The number of fused-ring (bicyclic) bond motifs is 1. The molecule has 2 heterocycles. The van der Waals surface area contributed by atoms with Crippen LogP contribution in [0.1, 0.15) is 12.0 Å². The van der Waals surface area contributed by atoms with Gasteiger partial charge in [0, 0.05) is 35.6 Å². The molecule has 28 heavy (non-hydrogen) atoms. The van der Waals surface area contributed by atoms with Gasteiger partial charge in [-0.15, -0.1) is 0 Å². The van der Waals surface area contributed by atoms with E-state index in [0.29, 0.717) is 23.9 Å². The van der Waals surface area contributed by atoms with Gasteiger partial charge in [0.25, 0.3) is 0 Å². The van der Waals surface area contributed by atoms with Crippen molar-refractivity contribution in [1.82, 2.24) is 9.88 Å². The fourth-order valence-electron chi connectivity index (χ4n) is 3.80. The van der Waals surface area contributed by atoms with Crippen LogP contribution in [0.2, 0.25) is 5.02 Å². The quantitative estimate of drug-likeness (QED) is 0.700. The summed E-state index contributed by atoms with van der Waals surface area (Å²) >= 11 is 6.25. The SMILES string of the molecule is COc1ccc(OC)c2nc(-c3cccc(Cl)c3)c(CN3CCC(O)C3)cc12. The number of hydrogen-bond donors (Lipinski definition) is 1. The van der Waals surface area contributed by atoms with Gasteiger partial charge in [0.05, 0.1) is 26.0 Å². The first-order valence-electron chi connectivity index (χ1n) is 9.30. The van der Waals surface area contributed by atoms with Crippen molar-refractivity contribution in [1.29, 1.82) is 0 Å². The van der Waals surface area contributed by atoms with E-state index in [9.17, 15) is 5.11 Å². The molecule has 3 aromatic rings. The van der Waals surface area contributed by atoms with Crippen LogP contribution in [-0.2, 0) is 6.54 Å². The van der Waals surface area contributed by atoms with Crippen LogP contribution in [0.3, 0.4) is 0 Å². The summed E-state index contributed by atoms with van der Waals surface area (Å²) < 4.78 is 11.1. The Balaban J connectivity index is 1.91. The van der Waals surface area contributed by atoms with E-state index in [1.807, 2.05) is 36.4 Å². The Bertz CT molecular complexity index is 1010. The fraction of sp³-hybridized carbons (Fsp3) is 0.318. The molecule has 1 unspecified atom stereocenters. The van der Waals surface area contributed by atoms with Gasteiger partial charge < -0.3 is 14.6 Å². The third kappa shape index (κ3) is 3.65. The molecule has 1 aliphatic heterocycles. The largest absolute Gasteiger partial charge is 0.496 e. The Kier molecular flexibility index (Phi) is 5.40. The molecule has 1 saturated heterocycles. The highest BCUT2D eigenvalue weighted by atomic mass is 35.5. The van der Waals surface area contributed by atoms with Crippen molar-refractivity contribution < 1.29 is 14.6 Å². The second kappa shape index (κ2) is 7.95. The summed E-state index contributed by atoms with van der Waals surface area (Å²) in [6.45, 7) is 2.23. The van der Waals surface area contributed by atoms with E-state index in [4.69, 9.17) is 26.1 Å². The van der Waals surface area contributed by atoms with E-state index in [1.54, 1.807) is 14.2 Å². The molecule has 5 nitrogen and oxygen atoms in total. The summed E-state index contributed by atoms with van der Waals surface area (Å²) in [6, 6.07) is 13.6. The third-order valence-electron chi connectivity index (χ3n) is 5.17. The predicted octanol–water partition coefficient (Wildman–Crippen LogP) is 4.14. The molecule has 2 aromatic carbocycles. The highest BCUT2D eigenvalue weighted by Gasteiger charge is 2.23. The summed E-state index contributed by atoms with van der Waals surface area (Å²) in [6.07, 6.45) is 0.530. The van der Waals surface area contributed by atoms with Gasteiger partial charge in [-0.3, -0.25) is 4.90 Å². The minimum atomic E-state index is -0.266. The van der Waals surface area contributed by atoms with E-state index in [0.717, 1.165) is 46.4 Å². The highest BCUT2D eigenvalue weighted by Crippen LogP contribution is 2.36. The number of methoxy groups -OCH3 is 2. The number of likely N-dealkylation sites (tertiary alicyclic amines) is 1. The Labute approximate surface area is 169 Å². The molecule has 1 fully saturated rings. The highest BCUT2D eigenvalue weighted by molar-refractivity contribution is 6.30. The van der Waals surface area contributed by atoms with Gasteiger partial charge in [-0.1, -0.05) is 23.7 Å². The number of nitrogens with zero attached hydrogens (tertiary/aromatic N) is 2. The average molecular weight is 399 g/mol. The van der Waals surface area contributed by atoms with E-state index in [1.165, 1.54) is 0 Å². The number of benzene rings is 2. The first-order valence-corrected chi connectivity index (χ1v) is 9.68. The zero-order valence-electron chi connectivity index (χ0n) is 16.0. The molecule has 0 radical (unpaired) electrons. The number of β-amino-alcohol motifs (C(OH)–C–C–N with tert-alkyl or cyclic N) is 1. The van der Waals surface area contributed by atoms with Crippen LogP contribution in [0.25, 0.3) is 22.2 Å². The van der Waals surface area contributed by atoms with E-state index in [-0.39, 0.29) is 6.10 Å². The summed E-state index contributed by atoms with van der Waals surface area (Å²) in [4.78, 5) is 7.22. The minimum Gasteiger partial charge on any atom is -0.496 e. The summed E-state index contributed by atoms with van der Waals surface area (Å²) in [5.74, 6) is 1.45. The number of halogens is 1. The van der Waals surface area contributed by atoms with Gasteiger partial charge in [0.2, 0.25) is 0 Å². The van der Waals surface area contributed by atoms with Crippen LogP contribution in [0, 0.1) is 0 Å². The molecule has 0 bridgehead atoms. The zero-order valence-corrected chi connectivity index (χ0v) is 16.7. The van der Waals surface area contributed by atoms with Crippen LogP contribution in [0.5, 0.6) is 11.5 Å². The van der Waals surface area contributed by atoms with Crippen LogP contribution in [0.4, 0.5) is 0 Å². The van der Waals surface area contributed by atoms with Crippen LogP contribution in [0.15, 0.2) is 42.5 Å². The van der Waals surface area contributed by atoms with Gasteiger partial charge in [-0.05, 0) is 42.3 Å². The van der Waals surface area contributed by atoms with E-state index < -0.39 is 0 Å². The lowest BCUT2D eigenvalue weighted by molar-refractivity contribution is 0.175. The van der Waals surface area contributed by atoms with Gasteiger partial charge in [0.1, 0.15) is 17.0 Å². The van der Waals surface area contributed by atoms with Crippen LogP contribution in [-0.4, -0.2) is 48.4 Å². The molecule has 1 atom stereocenters. The second-order valence-electron chi connectivity index (χ2n) is 7.05. The number of rotatable bonds is 5. The van der Waals surface area contributed by atoms with Crippen molar-refractivity contribution >= 4 is 22.5 Å². The molecule has 0 aliphatic carbocycles. The van der Waals surface area contributed by atoms with E-state index in [2.05, 4.69) is 11.0 Å². The number of aliphatic hydroxyl groups is 1. The van der Waals surface area contributed by atoms with Gasteiger partial charge in [0.15, 0.2) is 0 Å². The minimum absolute atomic E-state index is 0.266. The normalized spacial score (nSPS) is 17.2. The second-order valence-corrected chi connectivity index (χ2v) is 7.49. The standard InChI is InChI=1S/C22H23ClN2O3/c1-27-19-6-7-20(28-2)22-18(19)11-15(12-25-9-8-17(26)13-25)21(24-22)14-4-3-5-16(23)10-14/h3-7,10-11,17,26H,8-9,12-13H2,1-2H3. The molecule has 146 valence electrons. The van der Waals surface area contributed by atoms with Crippen LogP contribution >= 0.6 is 11.6 Å². The molecule has 1 N–H and O–H groups in total. The zero-order chi connectivity index (χ0) is 19.7. The molecule has 1 aromatic heterocycles. The molecular formula is C22H23ClN2O3. The molecule has 6 heteroatoms. The molecule has 0 spiro atoms. The van der Waals surface area contributed by atoms with Gasteiger partial charge >= 0.3 is 0 Å². The average Bonchev–Trinajstić information content (AvgIpc) is 3.11. The maximum atomic E-state index is 9.91. The number of pyridine rings is 1. The number of aromatic nitrogens is 1. The first-order chi connectivity index (χ1) is 13.6. The maximum Gasteiger partial charge on any atom is 0.145 e. The lowest BCUT2D eigenvalue weighted by Crippen LogP contribution is -2.22. The molecule has 4 rings (SSSR count). The topological polar surface area (TPSA) is 54.8 Å². The van der Waals surface area contributed by atoms with Gasteiger partial charge in [-0.2, -0.15) is 0 Å². The molecular weight excluding hydrogens is 376 g/mol. The number of aliphatic hydroxyl groups excluding tert-OH is 1. The summed E-state index contributed by atoms with van der Waals surface area (Å²) in [5.41, 5.74) is 3.63. The smallest absolute Gasteiger partial charge is 0.145 e. The Morgan fingerprint density at radius 2 is 1.93 bits per heavy atom. The molecule has 0 amide bonds. The fourth-order valence-corrected chi connectivity index (χ4v) is 3.99. The Hall–Kier alpha value is -2.34. The Morgan fingerprint density at radius 3 is 2.61 bits per heavy atom. The summed E-state index contributed by atoms with van der Waals surface area (Å²) in [7, 11) is 3.30. The van der Waals surface area contributed by atoms with Crippen molar-refractivity contribution in [2.24, 2.45) is 0 Å². The third-order valence-corrected chi connectivity index (χ3v) is 5.40. The summed E-state index contributed by atoms with van der Waals surface area (Å²) in [5, 5.41) is 11.5. The van der Waals surface area contributed by atoms with Crippen molar-refractivity contribution in [3.63, 3.8) is 0 Å². The van der Waals surface area contributed by atoms with Crippen molar-refractivity contribution in [2.75, 3.05) is 27.3 Å². The first kappa shape index (κ1) is 19.0. The maximum absolute atomic E-state index is 9.91. The molecule has 0 saturated carbocycles. The number of hydrogen-bond acceptors (Lipinski definition) is 5. The predicted molar refractivity (Wildman–Crippen MR) is 111 cm³/mol. The van der Waals surface area contributed by atoms with Crippen LogP contribution < -0.4 is 9.47 Å². The van der Waals surface area contributed by atoms with Crippen molar-refractivity contribution in [2.45, 2.75) is 19.1 Å². The van der Waals surface area contributed by atoms with Crippen molar-refractivity contribution in [3.8, 4) is 22.8 Å². The lowest BCUT2D eigenvalue weighted by Gasteiger charge is -2.19. The Morgan fingerprint density at radius 1 is 1.14 bits per heavy atom. The van der Waals surface area contributed by atoms with Crippen molar-refractivity contribution in [3.05, 3.63) is 53.1 Å². The monoisotopic (exact) mass is 398 g/mol.